The van der Waals surface area contributed by atoms with Crippen LogP contribution in [-0.4, -0.2) is 15.2 Å². The maximum Gasteiger partial charge on any atom is 0.374 e. The maximum atomic E-state index is 10.0. The van der Waals surface area contributed by atoms with Crippen molar-refractivity contribution in [3.05, 3.63) is 0 Å². The van der Waals surface area contributed by atoms with Crippen LogP contribution in [0.2, 0.25) is 0 Å². The molecule has 0 N–H and O–H groups in total. The van der Waals surface area contributed by atoms with Gasteiger partial charge in [0.1, 0.15) is 10.3 Å². The SMILES string of the molecule is O=C(Br)OCC(Br)Br. The molecule has 8 heavy (non-hydrogen) atoms. The number of carbonyl (C=O) groups is 1. The molecule has 0 atom stereocenters. The smallest absolute Gasteiger partial charge is 0.374 e. The third kappa shape index (κ3) is 6.91. The Morgan fingerprint density at radius 2 is 2.12 bits per heavy atom. The van der Waals surface area contributed by atoms with E-state index in [1.165, 1.54) is 0 Å². The molecule has 48 valence electrons. The minimum absolute atomic E-state index is 0.0384. The first-order valence-electron chi connectivity index (χ1n) is 1.73. The van der Waals surface area contributed by atoms with E-state index in [1.54, 1.807) is 0 Å². The van der Waals surface area contributed by atoms with Gasteiger partial charge in [0.25, 0.3) is 0 Å². The Hall–Kier alpha value is 0.910. The quantitative estimate of drug-likeness (QED) is 0.579. The van der Waals surface area contributed by atoms with Gasteiger partial charge in [0, 0.05) is 15.9 Å². The molecule has 0 heterocycles. The van der Waals surface area contributed by atoms with Crippen molar-refractivity contribution in [1.29, 1.82) is 0 Å². The standard InChI is InChI=1S/C3H3Br3O2/c4-2(5)1-8-3(6)7/h2H,1H2. The maximum absolute atomic E-state index is 10.0. The van der Waals surface area contributed by atoms with E-state index in [0.717, 1.165) is 0 Å². The molecule has 0 fully saturated rings. The van der Waals surface area contributed by atoms with Crippen LogP contribution in [0.1, 0.15) is 0 Å². The van der Waals surface area contributed by atoms with Crippen LogP contribution >= 0.6 is 47.8 Å². The highest BCUT2D eigenvalue weighted by molar-refractivity contribution is 9.24. The predicted molar refractivity (Wildman–Crippen MR) is 41.9 cm³/mol. The van der Waals surface area contributed by atoms with Crippen molar-refractivity contribution >= 4 is 52.7 Å². The fourth-order valence-corrected chi connectivity index (χ4v) is 0.525. The second-order valence-electron chi connectivity index (χ2n) is 0.940. The molecule has 0 bridgehead atoms. The van der Waals surface area contributed by atoms with Crippen LogP contribution in [-0.2, 0) is 4.74 Å². The number of hydrogen-bond acceptors (Lipinski definition) is 2. The van der Waals surface area contributed by atoms with Gasteiger partial charge in [0.2, 0.25) is 0 Å². The molecule has 0 aliphatic rings. The van der Waals surface area contributed by atoms with Crippen molar-refractivity contribution in [3.8, 4) is 0 Å². The molecule has 0 aliphatic carbocycles. The minimum Gasteiger partial charge on any atom is -0.455 e. The van der Waals surface area contributed by atoms with E-state index in [0.29, 0.717) is 6.61 Å². The Kier molecular flexibility index (Phi) is 5.30. The summed E-state index contributed by atoms with van der Waals surface area (Å²) in [4.78, 5) is 9.56. The van der Waals surface area contributed by atoms with E-state index in [-0.39, 0.29) is 3.74 Å². The molecule has 0 rings (SSSR count). The van der Waals surface area contributed by atoms with Crippen LogP contribution in [0.5, 0.6) is 0 Å². The number of ether oxygens (including phenoxy) is 1. The summed E-state index contributed by atoms with van der Waals surface area (Å²) in [5.41, 5.74) is 0. The topological polar surface area (TPSA) is 26.3 Å². The van der Waals surface area contributed by atoms with Gasteiger partial charge in [-0.25, -0.2) is 4.79 Å². The van der Waals surface area contributed by atoms with Gasteiger partial charge in [-0.3, -0.25) is 0 Å². The van der Waals surface area contributed by atoms with E-state index in [1.807, 2.05) is 0 Å². The summed E-state index contributed by atoms with van der Waals surface area (Å²) in [6.07, 6.45) is 0. The molecule has 5 heteroatoms. The third-order valence-electron chi connectivity index (χ3n) is 0.323. The molecule has 0 saturated heterocycles. The molecule has 0 aromatic rings. The first kappa shape index (κ1) is 8.91. The van der Waals surface area contributed by atoms with Crippen LogP contribution in [0.25, 0.3) is 0 Å². The zero-order valence-corrected chi connectivity index (χ0v) is 8.49. The lowest BCUT2D eigenvalue weighted by molar-refractivity contribution is 0.183. The van der Waals surface area contributed by atoms with E-state index in [9.17, 15) is 4.79 Å². The molecule has 0 radical (unpaired) electrons. The van der Waals surface area contributed by atoms with Crippen LogP contribution in [0.15, 0.2) is 0 Å². The second-order valence-corrected chi connectivity index (χ2v) is 5.03. The van der Waals surface area contributed by atoms with E-state index in [4.69, 9.17) is 0 Å². The number of hydrogen-bond donors (Lipinski definition) is 0. The fraction of sp³-hybridized carbons (Fsp3) is 0.667. The van der Waals surface area contributed by atoms with Crippen molar-refractivity contribution in [1.82, 2.24) is 0 Å². The third-order valence-corrected chi connectivity index (χ3v) is 1.08. The van der Waals surface area contributed by atoms with Gasteiger partial charge in [0.15, 0.2) is 0 Å². The van der Waals surface area contributed by atoms with Crippen molar-refractivity contribution < 1.29 is 9.53 Å². The van der Waals surface area contributed by atoms with Crippen LogP contribution in [0.3, 0.4) is 0 Å². The first-order valence-corrected chi connectivity index (χ1v) is 4.35. The van der Waals surface area contributed by atoms with E-state index >= 15 is 0 Å². The average Bonchev–Trinajstić information content (AvgIpc) is 1.61. The zero-order valence-electron chi connectivity index (χ0n) is 3.73. The normalized spacial score (nSPS) is 9.50. The van der Waals surface area contributed by atoms with Crippen LogP contribution < -0.4 is 0 Å². The largest absolute Gasteiger partial charge is 0.455 e. The summed E-state index contributed by atoms with van der Waals surface area (Å²) in [5, 5.41) is 0. The van der Waals surface area contributed by atoms with E-state index < -0.39 is 4.88 Å². The molecule has 0 aromatic heterocycles. The lowest BCUT2D eigenvalue weighted by atomic mass is 10.9. The number of carbonyl (C=O) groups excluding carboxylic acids is 1. The van der Waals surface area contributed by atoms with Gasteiger partial charge in [-0.15, -0.1) is 0 Å². The molecular weight excluding hydrogens is 308 g/mol. The summed E-state index contributed by atoms with van der Waals surface area (Å²) >= 11 is 8.84. The molecule has 0 unspecified atom stereocenters. The first-order chi connectivity index (χ1) is 3.63. The molecular formula is C3H3Br3O2. The van der Waals surface area contributed by atoms with Crippen molar-refractivity contribution in [2.75, 3.05) is 6.61 Å². The molecule has 2 nitrogen and oxygen atoms in total. The highest BCUT2D eigenvalue weighted by Crippen LogP contribution is 2.08. The van der Waals surface area contributed by atoms with Gasteiger partial charge >= 0.3 is 4.88 Å². The Morgan fingerprint density at radius 3 is 2.25 bits per heavy atom. The van der Waals surface area contributed by atoms with Crippen molar-refractivity contribution in [2.45, 2.75) is 3.74 Å². The fourth-order valence-electron chi connectivity index (χ4n) is 0.129. The van der Waals surface area contributed by atoms with E-state index in [2.05, 4.69) is 52.5 Å². The lowest BCUT2D eigenvalue weighted by Gasteiger charge is -1.98. The lowest BCUT2D eigenvalue weighted by Crippen LogP contribution is -2.01. The Balaban J connectivity index is 3.05. The Labute approximate surface area is 72.3 Å². The van der Waals surface area contributed by atoms with Crippen molar-refractivity contribution in [2.24, 2.45) is 0 Å². The van der Waals surface area contributed by atoms with Gasteiger partial charge in [-0.05, 0) is 0 Å². The van der Waals surface area contributed by atoms with Crippen LogP contribution in [0, 0.1) is 0 Å². The number of alkyl halides is 2. The molecule has 0 spiro atoms. The summed E-state index contributed by atoms with van der Waals surface area (Å²) < 4.78 is 4.53. The number of rotatable bonds is 2. The highest BCUT2D eigenvalue weighted by Gasteiger charge is 1.99. The highest BCUT2D eigenvalue weighted by atomic mass is 79.9. The molecule has 0 aromatic carbocycles. The Morgan fingerprint density at radius 1 is 1.62 bits per heavy atom. The van der Waals surface area contributed by atoms with Gasteiger partial charge < -0.3 is 4.74 Å². The predicted octanol–water partition coefficient (Wildman–Crippen LogP) is 2.63. The minimum atomic E-state index is -0.443. The molecule has 0 aliphatic heterocycles. The van der Waals surface area contributed by atoms with Crippen LogP contribution in [0.4, 0.5) is 4.79 Å². The summed E-state index contributed by atoms with van der Waals surface area (Å²) in [6.45, 7) is 0.323. The monoisotopic (exact) mass is 308 g/mol. The summed E-state index contributed by atoms with van der Waals surface area (Å²) in [6, 6.07) is 0. The molecule has 0 amide bonds. The van der Waals surface area contributed by atoms with Gasteiger partial charge in [-0.2, -0.15) is 0 Å². The van der Waals surface area contributed by atoms with Crippen molar-refractivity contribution in [3.63, 3.8) is 0 Å². The van der Waals surface area contributed by atoms with Gasteiger partial charge in [-0.1, -0.05) is 31.9 Å². The van der Waals surface area contributed by atoms with Gasteiger partial charge in [0.05, 0.1) is 0 Å². The Bertz CT molecular complexity index is 82.6. The molecule has 0 saturated carbocycles. The summed E-state index contributed by atoms with van der Waals surface area (Å²) in [7, 11) is 0. The zero-order chi connectivity index (χ0) is 6.57. The average molecular weight is 311 g/mol. The second kappa shape index (κ2) is 4.76. The number of halogens is 3. The summed E-state index contributed by atoms with van der Waals surface area (Å²) in [5.74, 6) is 0.